The maximum atomic E-state index is 12.3. The van der Waals surface area contributed by atoms with E-state index in [-0.39, 0.29) is 11.8 Å². The molecule has 4 heteroatoms. The second-order valence-electron chi connectivity index (χ2n) is 5.82. The topological polar surface area (TPSA) is 41.6 Å². The third-order valence-corrected chi connectivity index (χ3v) is 4.12. The third-order valence-electron chi connectivity index (χ3n) is 4.12. The van der Waals surface area contributed by atoms with Gasteiger partial charge in [-0.3, -0.25) is 4.79 Å². The van der Waals surface area contributed by atoms with Crippen molar-refractivity contribution in [1.29, 1.82) is 0 Å². The molecule has 1 N–H and O–H groups in total. The van der Waals surface area contributed by atoms with Gasteiger partial charge in [-0.25, -0.2) is 0 Å². The van der Waals surface area contributed by atoms with E-state index < -0.39 is 0 Å². The molecule has 2 rings (SSSR count). The van der Waals surface area contributed by atoms with Crippen LogP contribution in [0.4, 0.5) is 0 Å². The number of likely N-dealkylation sites (tertiary alicyclic amines) is 1. The molecular formula is C14H26N2O2. The van der Waals surface area contributed by atoms with E-state index in [9.17, 15) is 4.79 Å². The summed E-state index contributed by atoms with van der Waals surface area (Å²) >= 11 is 0. The Kier molecular flexibility index (Phi) is 5.01. The predicted molar refractivity (Wildman–Crippen MR) is 71.4 cm³/mol. The number of piperidine rings is 1. The lowest BCUT2D eigenvalue weighted by Gasteiger charge is -2.35. The smallest absolute Gasteiger partial charge is 0.224 e. The summed E-state index contributed by atoms with van der Waals surface area (Å²) in [5.41, 5.74) is 0. The zero-order valence-corrected chi connectivity index (χ0v) is 11.7. The van der Waals surface area contributed by atoms with Crippen LogP contribution in [0.2, 0.25) is 0 Å². The Hall–Kier alpha value is -0.610. The van der Waals surface area contributed by atoms with Crippen molar-refractivity contribution in [3.63, 3.8) is 0 Å². The van der Waals surface area contributed by atoms with E-state index in [1.165, 1.54) is 0 Å². The van der Waals surface area contributed by atoms with Crippen LogP contribution in [0.15, 0.2) is 0 Å². The first-order valence-electron chi connectivity index (χ1n) is 7.29. The molecule has 2 heterocycles. The Morgan fingerprint density at radius 1 is 1.28 bits per heavy atom. The maximum absolute atomic E-state index is 12.3. The van der Waals surface area contributed by atoms with Gasteiger partial charge in [-0.05, 0) is 46.1 Å². The van der Waals surface area contributed by atoms with E-state index in [1.807, 2.05) is 0 Å². The van der Waals surface area contributed by atoms with Crippen LogP contribution in [0.5, 0.6) is 0 Å². The molecule has 1 atom stereocenters. The molecule has 0 aromatic heterocycles. The lowest BCUT2D eigenvalue weighted by molar-refractivity contribution is -0.128. The molecule has 0 aliphatic carbocycles. The molecular weight excluding hydrogens is 228 g/mol. The van der Waals surface area contributed by atoms with Crippen molar-refractivity contribution in [2.24, 2.45) is 5.92 Å². The van der Waals surface area contributed by atoms with Gasteiger partial charge in [0.25, 0.3) is 0 Å². The highest BCUT2D eigenvalue weighted by Gasteiger charge is 2.28. The molecule has 2 fully saturated rings. The van der Waals surface area contributed by atoms with Crippen LogP contribution < -0.4 is 5.32 Å². The highest BCUT2D eigenvalue weighted by molar-refractivity contribution is 5.79. The molecule has 18 heavy (non-hydrogen) atoms. The molecule has 1 amide bonds. The van der Waals surface area contributed by atoms with Crippen LogP contribution >= 0.6 is 0 Å². The largest absolute Gasteiger partial charge is 0.381 e. The van der Waals surface area contributed by atoms with E-state index in [1.54, 1.807) is 0 Å². The molecule has 0 radical (unpaired) electrons. The fourth-order valence-corrected chi connectivity index (χ4v) is 2.85. The second kappa shape index (κ2) is 6.53. The van der Waals surface area contributed by atoms with E-state index in [2.05, 4.69) is 24.1 Å². The van der Waals surface area contributed by atoms with Gasteiger partial charge >= 0.3 is 0 Å². The quantitative estimate of drug-likeness (QED) is 0.828. The number of hydrogen-bond acceptors (Lipinski definition) is 3. The van der Waals surface area contributed by atoms with Gasteiger partial charge in [0.15, 0.2) is 0 Å². The van der Waals surface area contributed by atoms with Crippen LogP contribution in [-0.2, 0) is 9.53 Å². The van der Waals surface area contributed by atoms with Gasteiger partial charge in [-0.1, -0.05) is 0 Å². The van der Waals surface area contributed by atoms with Crippen molar-refractivity contribution >= 4 is 5.91 Å². The average molecular weight is 254 g/mol. The van der Waals surface area contributed by atoms with Crippen molar-refractivity contribution < 1.29 is 9.53 Å². The number of nitrogens with one attached hydrogen (secondary N) is 1. The summed E-state index contributed by atoms with van der Waals surface area (Å²) in [4.78, 5) is 14.7. The van der Waals surface area contributed by atoms with Crippen molar-refractivity contribution in [2.75, 3.05) is 26.3 Å². The number of nitrogens with zero attached hydrogens (tertiary/aromatic N) is 1. The van der Waals surface area contributed by atoms with Gasteiger partial charge in [-0.2, -0.15) is 0 Å². The summed E-state index contributed by atoms with van der Waals surface area (Å²) in [7, 11) is 0. The first kappa shape index (κ1) is 13.8. The summed E-state index contributed by atoms with van der Waals surface area (Å²) in [5, 5.41) is 3.20. The van der Waals surface area contributed by atoms with Crippen molar-refractivity contribution in [3.05, 3.63) is 0 Å². The van der Waals surface area contributed by atoms with Crippen LogP contribution in [-0.4, -0.2) is 49.2 Å². The van der Waals surface area contributed by atoms with E-state index >= 15 is 0 Å². The molecule has 0 spiro atoms. The number of amides is 1. The number of hydrogen-bond donors (Lipinski definition) is 1. The van der Waals surface area contributed by atoms with Gasteiger partial charge in [0, 0.05) is 31.8 Å². The Balaban J connectivity index is 1.80. The SMILES string of the molecule is CC(C)N1CCCC(C(=O)NC2CCOCC2)C1. The highest BCUT2D eigenvalue weighted by Crippen LogP contribution is 2.19. The zero-order chi connectivity index (χ0) is 13.0. The van der Waals surface area contributed by atoms with Gasteiger partial charge in [0.1, 0.15) is 0 Å². The lowest BCUT2D eigenvalue weighted by atomic mass is 9.95. The molecule has 2 saturated heterocycles. The predicted octanol–water partition coefficient (Wildman–Crippen LogP) is 1.40. The standard InChI is InChI=1S/C14H26N2O2/c1-11(2)16-7-3-4-12(10-16)14(17)15-13-5-8-18-9-6-13/h11-13H,3-10H2,1-2H3,(H,15,17). The molecule has 0 bridgehead atoms. The minimum Gasteiger partial charge on any atom is -0.381 e. The number of rotatable bonds is 3. The Labute approximate surface area is 110 Å². The van der Waals surface area contributed by atoms with Crippen LogP contribution in [0.25, 0.3) is 0 Å². The van der Waals surface area contributed by atoms with Crippen molar-refractivity contribution in [3.8, 4) is 0 Å². The molecule has 2 aliphatic rings. The van der Waals surface area contributed by atoms with Crippen LogP contribution in [0.3, 0.4) is 0 Å². The Bertz CT molecular complexity index is 275. The number of ether oxygens (including phenoxy) is 1. The minimum atomic E-state index is 0.184. The summed E-state index contributed by atoms with van der Waals surface area (Å²) in [6, 6.07) is 0.879. The minimum absolute atomic E-state index is 0.184. The molecule has 0 aromatic rings. The normalized spacial score (nSPS) is 27.4. The van der Waals surface area contributed by atoms with E-state index in [0.717, 1.165) is 52.0 Å². The molecule has 104 valence electrons. The van der Waals surface area contributed by atoms with Gasteiger partial charge in [-0.15, -0.1) is 0 Å². The fraction of sp³-hybridized carbons (Fsp3) is 0.929. The third kappa shape index (κ3) is 3.69. The molecule has 2 aliphatic heterocycles. The first-order chi connectivity index (χ1) is 8.66. The number of carbonyl (C=O) groups is 1. The fourth-order valence-electron chi connectivity index (χ4n) is 2.85. The van der Waals surface area contributed by atoms with Gasteiger partial charge in [0.2, 0.25) is 5.91 Å². The molecule has 0 saturated carbocycles. The zero-order valence-electron chi connectivity index (χ0n) is 11.7. The maximum Gasteiger partial charge on any atom is 0.224 e. The van der Waals surface area contributed by atoms with Gasteiger partial charge in [0.05, 0.1) is 5.92 Å². The molecule has 0 aromatic carbocycles. The summed E-state index contributed by atoms with van der Waals surface area (Å²) in [6.45, 7) is 8.05. The van der Waals surface area contributed by atoms with Crippen LogP contribution in [0.1, 0.15) is 39.5 Å². The summed E-state index contributed by atoms with van der Waals surface area (Å²) in [6.07, 6.45) is 4.11. The number of carbonyl (C=O) groups excluding carboxylic acids is 1. The average Bonchev–Trinajstić information content (AvgIpc) is 2.40. The molecule has 4 nitrogen and oxygen atoms in total. The molecule has 1 unspecified atom stereocenters. The van der Waals surface area contributed by atoms with Crippen molar-refractivity contribution in [2.45, 2.75) is 51.6 Å². The summed E-state index contributed by atoms with van der Waals surface area (Å²) in [5.74, 6) is 0.441. The van der Waals surface area contributed by atoms with Crippen molar-refractivity contribution in [1.82, 2.24) is 10.2 Å². The Morgan fingerprint density at radius 2 is 2.00 bits per heavy atom. The Morgan fingerprint density at radius 3 is 2.67 bits per heavy atom. The monoisotopic (exact) mass is 254 g/mol. The summed E-state index contributed by atoms with van der Waals surface area (Å²) < 4.78 is 5.32. The second-order valence-corrected chi connectivity index (χ2v) is 5.82. The highest BCUT2D eigenvalue weighted by atomic mass is 16.5. The first-order valence-corrected chi connectivity index (χ1v) is 7.29. The van der Waals surface area contributed by atoms with Gasteiger partial charge < -0.3 is 15.0 Å². The van der Waals surface area contributed by atoms with Crippen LogP contribution in [0, 0.1) is 5.92 Å². The van der Waals surface area contributed by atoms with E-state index in [4.69, 9.17) is 4.74 Å². The lowest BCUT2D eigenvalue weighted by Crippen LogP contribution is -2.48. The van der Waals surface area contributed by atoms with E-state index in [0.29, 0.717) is 12.1 Å².